The molecule has 0 aliphatic heterocycles. The Labute approximate surface area is 105 Å². The maximum Gasteiger partial charge on any atom is 0.105 e. The fraction of sp³-hybridized carbons (Fsp3) is 0.167. The van der Waals surface area contributed by atoms with Crippen molar-refractivity contribution in [2.24, 2.45) is 0 Å². The Morgan fingerprint density at radius 2 is 2.25 bits per heavy atom. The summed E-state index contributed by atoms with van der Waals surface area (Å²) in [6.07, 6.45) is 6.07. The van der Waals surface area contributed by atoms with Gasteiger partial charge in [0.05, 0.1) is 10.6 Å². The molecule has 0 amide bonds. The summed E-state index contributed by atoms with van der Waals surface area (Å²) in [5, 5.41) is 11.6. The van der Waals surface area contributed by atoms with Gasteiger partial charge in [-0.2, -0.15) is 5.26 Å². The van der Waals surface area contributed by atoms with E-state index in [2.05, 4.69) is 23.9 Å². The Balaban J connectivity index is 0.000000673. The van der Waals surface area contributed by atoms with Crippen molar-refractivity contribution >= 4 is 23.4 Å². The molecule has 0 spiro atoms. The van der Waals surface area contributed by atoms with E-state index >= 15 is 0 Å². The maximum atomic E-state index is 8.66. The number of terminal acetylenes is 1. The molecule has 0 aliphatic rings. The van der Waals surface area contributed by atoms with Crippen LogP contribution in [0.4, 0.5) is 0 Å². The molecule has 1 heterocycles. The lowest BCUT2D eigenvalue weighted by Crippen LogP contribution is -1.89. The van der Waals surface area contributed by atoms with Crippen LogP contribution in [0, 0.1) is 30.6 Å². The molecule has 0 fully saturated rings. The zero-order valence-corrected chi connectivity index (χ0v) is 10.7. The van der Waals surface area contributed by atoms with Crippen LogP contribution >= 0.6 is 23.4 Å². The van der Waals surface area contributed by atoms with Gasteiger partial charge >= 0.3 is 0 Å². The summed E-state index contributed by atoms with van der Waals surface area (Å²) in [5.74, 6) is 2.25. The first kappa shape index (κ1) is 14.6. The van der Waals surface area contributed by atoms with Crippen molar-refractivity contribution in [3.63, 3.8) is 0 Å². The molecule has 1 aromatic rings. The van der Waals surface area contributed by atoms with Gasteiger partial charge in [0.15, 0.2) is 0 Å². The molecule has 0 unspecified atom stereocenters. The van der Waals surface area contributed by atoms with Crippen LogP contribution in [0.3, 0.4) is 0 Å². The highest BCUT2D eigenvalue weighted by Crippen LogP contribution is 2.28. The van der Waals surface area contributed by atoms with Crippen LogP contribution in [0.1, 0.15) is 18.1 Å². The number of rotatable bonds is 2. The summed E-state index contributed by atoms with van der Waals surface area (Å²) in [6, 6.07) is 1.98. The number of hydrogen-bond donors (Lipinski definition) is 0. The van der Waals surface area contributed by atoms with E-state index in [9.17, 15) is 0 Å². The topological polar surface area (TPSA) is 36.7 Å². The Bertz CT molecular complexity index is 455. The lowest BCUT2D eigenvalue weighted by molar-refractivity contribution is 1.08. The van der Waals surface area contributed by atoms with Crippen molar-refractivity contribution in [2.45, 2.75) is 18.9 Å². The van der Waals surface area contributed by atoms with Crippen molar-refractivity contribution in [2.75, 3.05) is 0 Å². The lowest BCUT2D eigenvalue weighted by atomic mass is 10.2. The molecule has 82 valence electrons. The number of pyridine rings is 1. The molecule has 0 aromatic carbocycles. The van der Waals surface area contributed by atoms with Crippen LogP contribution in [0.5, 0.6) is 0 Å². The van der Waals surface area contributed by atoms with E-state index in [1.807, 2.05) is 13.0 Å². The van der Waals surface area contributed by atoms with E-state index in [4.69, 9.17) is 16.9 Å². The van der Waals surface area contributed by atoms with Crippen LogP contribution in [0.15, 0.2) is 23.2 Å². The highest BCUT2D eigenvalue weighted by atomic mass is 35.5. The third-order valence-corrected chi connectivity index (χ3v) is 2.80. The van der Waals surface area contributed by atoms with E-state index in [0.717, 1.165) is 10.6 Å². The zero-order chi connectivity index (χ0) is 12.6. The number of halogens is 1. The minimum Gasteiger partial charge on any atom is -0.248 e. The molecule has 4 heteroatoms. The molecule has 1 rings (SSSR count). The van der Waals surface area contributed by atoms with E-state index < -0.39 is 0 Å². The highest BCUT2D eigenvalue weighted by Gasteiger charge is 2.08. The summed E-state index contributed by atoms with van der Waals surface area (Å²) >= 11 is 7.32. The van der Waals surface area contributed by atoms with Gasteiger partial charge in [0, 0.05) is 11.8 Å². The summed E-state index contributed by atoms with van der Waals surface area (Å²) in [7, 11) is 0. The van der Waals surface area contributed by atoms with Gasteiger partial charge in [-0.25, -0.2) is 4.98 Å². The molecule has 1 aromatic heterocycles. The fourth-order valence-electron chi connectivity index (χ4n) is 0.848. The van der Waals surface area contributed by atoms with Crippen molar-refractivity contribution in [1.29, 1.82) is 5.26 Å². The molecule has 0 saturated carbocycles. The van der Waals surface area contributed by atoms with Crippen molar-refractivity contribution in [3.05, 3.63) is 34.3 Å². The van der Waals surface area contributed by atoms with Gasteiger partial charge in [0.1, 0.15) is 11.1 Å². The van der Waals surface area contributed by atoms with Gasteiger partial charge in [-0.3, -0.25) is 0 Å². The first-order valence-electron chi connectivity index (χ1n) is 4.32. The summed E-state index contributed by atoms with van der Waals surface area (Å²) in [6.45, 7) is 7.07. The second-order valence-corrected chi connectivity index (χ2v) is 3.93. The van der Waals surface area contributed by atoms with Gasteiger partial charge in [0.2, 0.25) is 0 Å². The SMILES string of the molecule is C#CC.C=CSc1ncc(C#N)c(Cl)c1C. The standard InChI is InChI=1S/C9H7ClN2S.C3H4/c1-3-13-9-6(2)8(10)7(4-11)5-12-9;1-3-2/h3,5H,1H2,2H3;1H,2H3. The summed E-state index contributed by atoms with van der Waals surface area (Å²) < 4.78 is 0. The Hall–Kier alpha value is -1.42. The van der Waals surface area contributed by atoms with Gasteiger partial charge in [0.25, 0.3) is 0 Å². The third-order valence-electron chi connectivity index (χ3n) is 1.51. The molecule has 0 N–H and O–H groups in total. The second kappa shape index (κ2) is 7.82. The molecule has 0 radical (unpaired) electrons. The highest BCUT2D eigenvalue weighted by molar-refractivity contribution is 8.02. The zero-order valence-electron chi connectivity index (χ0n) is 9.12. The summed E-state index contributed by atoms with van der Waals surface area (Å²) in [5.41, 5.74) is 1.23. The minimum atomic E-state index is 0.410. The number of aromatic nitrogens is 1. The Morgan fingerprint density at radius 1 is 1.69 bits per heavy atom. The van der Waals surface area contributed by atoms with Crippen molar-refractivity contribution < 1.29 is 0 Å². The normalized spacial score (nSPS) is 8.06. The van der Waals surface area contributed by atoms with Crippen LogP contribution in [0.25, 0.3) is 0 Å². The fourth-order valence-corrected chi connectivity index (χ4v) is 1.64. The van der Waals surface area contributed by atoms with Gasteiger partial charge in [-0.05, 0) is 19.3 Å². The third kappa shape index (κ3) is 3.98. The monoisotopic (exact) mass is 250 g/mol. The first-order valence-corrected chi connectivity index (χ1v) is 5.58. The molecular formula is C12H11ClN2S. The lowest BCUT2D eigenvalue weighted by Gasteiger charge is -2.03. The maximum absolute atomic E-state index is 8.66. The Kier molecular flexibility index (Phi) is 7.12. The minimum absolute atomic E-state index is 0.410. The average Bonchev–Trinajstić information content (AvgIpc) is 2.27. The number of hydrogen-bond acceptors (Lipinski definition) is 3. The molecule has 2 nitrogen and oxygen atoms in total. The van der Waals surface area contributed by atoms with Gasteiger partial charge < -0.3 is 0 Å². The average molecular weight is 251 g/mol. The van der Waals surface area contributed by atoms with E-state index in [-0.39, 0.29) is 0 Å². The second-order valence-electron chi connectivity index (χ2n) is 2.60. The van der Waals surface area contributed by atoms with Gasteiger partial charge in [-0.15, -0.1) is 12.3 Å². The summed E-state index contributed by atoms with van der Waals surface area (Å²) in [4.78, 5) is 4.08. The number of thioether (sulfide) groups is 1. The quantitative estimate of drug-likeness (QED) is 0.592. The number of nitriles is 1. The van der Waals surface area contributed by atoms with Crippen LogP contribution < -0.4 is 0 Å². The van der Waals surface area contributed by atoms with Crippen molar-refractivity contribution in [1.82, 2.24) is 4.98 Å². The van der Waals surface area contributed by atoms with Crippen LogP contribution in [0.2, 0.25) is 5.02 Å². The van der Waals surface area contributed by atoms with Gasteiger partial charge in [-0.1, -0.05) is 29.9 Å². The predicted molar refractivity (Wildman–Crippen MR) is 69.3 cm³/mol. The van der Waals surface area contributed by atoms with E-state index in [1.165, 1.54) is 18.0 Å². The van der Waals surface area contributed by atoms with Crippen LogP contribution in [-0.4, -0.2) is 4.98 Å². The first-order chi connectivity index (χ1) is 7.62. The Morgan fingerprint density at radius 3 is 2.69 bits per heavy atom. The van der Waals surface area contributed by atoms with E-state index in [0.29, 0.717) is 10.6 Å². The molecular weight excluding hydrogens is 240 g/mol. The molecule has 0 atom stereocenters. The molecule has 0 aliphatic carbocycles. The largest absolute Gasteiger partial charge is 0.248 e. The van der Waals surface area contributed by atoms with Crippen LogP contribution in [-0.2, 0) is 0 Å². The molecule has 0 bridgehead atoms. The predicted octanol–water partition coefficient (Wildman–Crippen LogP) is 3.79. The molecule has 16 heavy (non-hydrogen) atoms. The smallest absolute Gasteiger partial charge is 0.105 e. The van der Waals surface area contributed by atoms with Crippen molar-refractivity contribution in [3.8, 4) is 18.4 Å². The number of nitrogens with zero attached hydrogens (tertiary/aromatic N) is 2. The van der Waals surface area contributed by atoms with E-state index in [1.54, 1.807) is 12.3 Å². The molecule has 0 saturated heterocycles.